The number of carboxylic acid groups (broad SMARTS) is 1. The van der Waals surface area contributed by atoms with Crippen LogP contribution in [0.15, 0.2) is 6.07 Å². The molecule has 1 fully saturated rings. The topological polar surface area (TPSA) is 86.3 Å². The van der Waals surface area contributed by atoms with Gasteiger partial charge in [0.05, 0.1) is 5.41 Å². The Hall–Kier alpha value is -1.85. The highest BCUT2D eigenvalue weighted by molar-refractivity contribution is 5.93. The van der Waals surface area contributed by atoms with Crippen molar-refractivity contribution in [1.29, 1.82) is 0 Å². The Kier molecular flexibility index (Phi) is 3.83. The van der Waals surface area contributed by atoms with Gasteiger partial charge in [0.1, 0.15) is 5.69 Å². The zero-order valence-corrected chi connectivity index (χ0v) is 12.1. The SMILES string of the molecule is CC(C)c1cc(C(=O)N2CCCC(C)(C(=O)O)C2)n[nH]1. The normalized spacial score (nSPS) is 23.1. The Balaban J connectivity index is 2.14. The number of nitrogens with one attached hydrogen (secondary N) is 1. The number of carbonyl (C=O) groups excluding carboxylic acids is 1. The number of piperidine rings is 1. The van der Waals surface area contributed by atoms with Crippen LogP contribution in [0.25, 0.3) is 0 Å². The van der Waals surface area contributed by atoms with E-state index in [4.69, 9.17) is 0 Å². The van der Waals surface area contributed by atoms with Crippen molar-refractivity contribution in [3.63, 3.8) is 0 Å². The molecule has 0 aliphatic carbocycles. The lowest BCUT2D eigenvalue weighted by molar-refractivity contribution is -0.150. The van der Waals surface area contributed by atoms with E-state index in [2.05, 4.69) is 10.2 Å². The summed E-state index contributed by atoms with van der Waals surface area (Å²) in [7, 11) is 0. The number of rotatable bonds is 3. The van der Waals surface area contributed by atoms with Crippen LogP contribution in [-0.2, 0) is 4.79 Å². The fourth-order valence-electron chi connectivity index (χ4n) is 2.49. The Labute approximate surface area is 118 Å². The third kappa shape index (κ3) is 2.69. The first-order chi connectivity index (χ1) is 9.33. The molecule has 20 heavy (non-hydrogen) atoms. The number of aromatic nitrogens is 2. The molecule has 0 bridgehead atoms. The van der Waals surface area contributed by atoms with Crippen LogP contribution in [0.4, 0.5) is 0 Å². The molecule has 6 heteroatoms. The number of carboxylic acids is 1. The summed E-state index contributed by atoms with van der Waals surface area (Å²) in [4.78, 5) is 25.3. The average molecular weight is 279 g/mol. The summed E-state index contributed by atoms with van der Waals surface area (Å²) in [5.74, 6) is -0.769. The summed E-state index contributed by atoms with van der Waals surface area (Å²) in [5.41, 5.74) is 0.417. The van der Waals surface area contributed by atoms with Crippen molar-refractivity contribution in [1.82, 2.24) is 15.1 Å². The van der Waals surface area contributed by atoms with E-state index in [-0.39, 0.29) is 18.4 Å². The Bertz CT molecular complexity index is 523. The van der Waals surface area contributed by atoms with Gasteiger partial charge in [0.25, 0.3) is 5.91 Å². The van der Waals surface area contributed by atoms with Gasteiger partial charge in [-0.15, -0.1) is 0 Å². The van der Waals surface area contributed by atoms with Crippen molar-refractivity contribution in [2.24, 2.45) is 5.41 Å². The average Bonchev–Trinajstić information content (AvgIpc) is 2.87. The number of hydrogen-bond donors (Lipinski definition) is 2. The van der Waals surface area contributed by atoms with Crippen LogP contribution in [0.3, 0.4) is 0 Å². The van der Waals surface area contributed by atoms with Crippen LogP contribution in [-0.4, -0.2) is 45.2 Å². The first-order valence-corrected chi connectivity index (χ1v) is 6.91. The first-order valence-electron chi connectivity index (χ1n) is 6.91. The molecule has 1 aromatic heterocycles. The van der Waals surface area contributed by atoms with Gasteiger partial charge >= 0.3 is 5.97 Å². The third-order valence-corrected chi connectivity index (χ3v) is 3.94. The van der Waals surface area contributed by atoms with Crippen LogP contribution in [0, 0.1) is 5.41 Å². The number of likely N-dealkylation sites (tertiary alicyclic amines) is 1. The van der Waals surface area contributed by atoms with Crippen molar-refractivity contribution in [3.05, 3.63) is 17.5 Å². The Morgan fingerprint density at radius 1 is 1.50 bits per heavy atom. The Morgan fingerprint density at radius 3 is 2.75 bits per heavy atom. The minimum absolute atomic E-state index is 0.194. The molecule has 1 atom stereocenters. The van der Waals surface area contributed by atoms with Crippen molar-refractivity contribution >= 4 is 11.9 Å². The van der Waals surface area contributed by atoms with Crippen molar-refractivity contribution in [3.8, 4) is 0 Å². The molecule has 6 nitrogen and oxygen atoms in total. The number of hydrogen-bond acceptors (Lipinski definition) is 3. The quantitative estimate of drug-likeness (QED) is 0.884. The number of amides is 1. The molecule has 1 saturated heterocycles. The van der Waals surface area contributed by atoms with Gasteiger partial charge in [-0.05, 0) is 31.7 Å². The van der Waals surface area contributed by atoms with E-state index in [1.807, 2.05) is 13.8 Å². The molecule has 0 saturated carbocycles. The van der Waals surface area contributed by atoms with Gasteiger partial charge in [0, 0.05) is 18.8 Å². The molecular weight excluding hydrogens is 258 g/mol. The van der Waals surface area contributed by atoms with E-state index in [0.717, 1.165) is 5.69 Å². The molecule has 0 radical (unpaired) electrons. The molecule has 0 aromatic carbocycles. The van der Waals surface area contributed by atoms with E-state index < -0.39 is 11.4 Å². The molecule has 1 amide bonds. The van der Waals surface area contributed by atoms with Gasteiger partial charge in [-0.1, -0.05) is 13.8 Å². The summed E-state index contributed by atoms with van der Waals surface area (Å²) in [5, 5.41) is 16.2. The maximum absolute atomic E-state index is 12.4. The fraction of sp³-hybridized carbons (Fsp3) is 0.643. The van der Waals surface area contributed by atoms with Gasteiger partial charge in [-0.25, -0.2) is 0 Å². The molecule has 1 aliphatic rings. The van der Waals surface area contributed by atoms with E-state index in [1.165, 1.54) is 0 Å². The van der Waals surface area contributed by atoms with Gasteiger partial charge in [-0.3, -0.25) is 14.7 Å². The summed E-state index contributed by atoms with van der Waals surface area (Å²) in [6, 6.07) is 1.75. The summed E-state index contributed by atoms with van der Waals surface area (Å²) >= 11 is 0. The molecule has 0 spiro atoms. The lowest BCUT2D eigenvalue weighted by atomic mass is 9.82. The predicted octanol–water partition coefficient (Wildman–Crippen LogP) is 1.86. The van der Waals surface area contributed by atoms with E-state index in [1.54, 1.807) is 17.9 Å². The van der Waals surface area contributed by atoms with E-state index in [0.29, 0.717) is 25.1 Å². The minimum Gasteiger partial charge on any atom is -0.481 e. The van der Waals surface area contributed by atoms with Gasteiger partial charge < -0.3 is 10.0 Å². The van der Waals surface area contributed by atoms with Crippen molar-refractivity contribution in [2.75, 3.05) is 13.1 Å². The standard InChI is InChI=1S/C14H21N3O3/c1-9(2)10-7-11(16-15-10)12(18)17-6-4-5-14(3,8-17)13(19)20/h7,9H,4-6,8H2,1-3H3,(H,15,16)(H,19,20). The third-order valence-electron chi connectivity index (χ3n) is 3.94. The zero-order valence-electron chi connectivity index (χ0n) is 12.1. The van der Waals surface area contributed by atoms with Crippen LogP contribution >= 0.6 is 0 Å². The fourth-order valence-corrected chi connectivity index (χ4v) is 2.49. The number of aliphatic carboxylic acids is 1. The molecular formula is C14H21N3O3. The first kappa shape index (κ1) is 14.6. The summed E-state index contributed by atoms with van der Waals surface area (Å²) in [6.07, 6.45) is 1.31. The number of carbonyl (C=O) groups is 2. The maximum atomic E-state index is 12.4. The highest BCUT2D eigenvalue weighted by Crippen LogP contribution is 2.30. The summed E-state index contributed by atoms with van der Waals surface area (Å²) < 4.78 is 0. The molecule has 2 N–H and O–H groups in total. The van der Waals surface area contributed by atoms with Crippen LogP contribution in [0.5, 0.6) is 0 Å². The van der Waals surface area contributed by atoms with Crippen molar-refractivity contribution < 1.29 is 14.7 Å². The zero-order chi connectivity index (χ0) is 14.9. The second-order valence-corrected chi connectivity index (χ2v) is 6.06. The van der Waals surface area contributed by atoms with Gasteiger partial charge in [-0.2, -0.15) is 5.10 Å². The second kappa shape index (κ2) is 5.26. The smallest absolute Gasteiger partial charge is 0.311 e. The van der Waals surface area contributed by atoms with Crippen LogP contribution in [0.2, 0.25) is 0 Å². The lowest BCUT2D eigenvalue weighted by Gasteiger charge is -2.37. The molecule has 1 aromatic rings. The van der Waals surface area contributed by atoms with E-state index in [9.17, 15) is 14.7 Å². The molecule has 2 rings (SSSR count). The Morgan fingerprint density at radius 2 is 2.20 bits per heavy atom. The molecule has 110 valence electrons. The van der Waals surface area contributed by atoms with Crippen LogP contribution < -0.4 is 0 Å². The highest BCUT2D eigenvalue weighted by Gasteiger charge is 2.39. The van der Waals surface area contributed by atoms with Gasteiger partial charge in [0.2, 0.25) is 0 Å². The monoisotopic (exact) mass is 279 g/mol. The number of aromatic amines is 1. The maximum Gasteiger partial charge on any atom is 0.311 e. The molecule has 2 heterocycles. The number of H-pyrrole nitrogens is 1. The molecule has 1 unspecified atom stereocenters. The lowest BCUT2D eigenvalue weighted by Crippen LogP contribution is -2.48. The minimum atomic E-state index is -0.856. The highest BCUT2D eigenvalue weighted by atomic mass is 16.4. The number of nitrogens with zero attached hydrogens (tertiary/aromatic N) is 2. The van der Waals surface area contributed by atoms with Gasteiger partial charge in [0.15, 0.2) is 0 Å². The van der Waals surface area contributed by atoms with Crippen molar-refractivity contribution in [2.45, 2.75) is 39.5 Å². The molecule has 1 aliphatic heterocycles. The largest absolute Gasteiger partial charge is 0.481 e. The van der Waals surface area contributed by atoms with Crippen LogP contribution in [0.1, 0.15) is 55.7 Å². The second-order valence-electron chi connectivity index (χ2n) is 6.06. The van der Waals surface area contributed by atoms with E-state index >= 15 is 0 Å². The summed E-state index contributed by atoms with van der Waals surface area (Å²) in [6.45, 7) is 6.56. The predicted molar refractivity (Wildman–Crippen MR) is 73.6 cm³/mol.